The van der Waals surface area contributed by atoms with Gasteiger partial charge in [0.15, 0.2) is 0 Å². The molecule has 0 unspecified atom stereocenters. The number of amides is 1. The number of nitrogens with zero attached hydrogens (tertiary/aromatic N) is 5. The molecule has 1 aliphatic rings. The number of aryl methyl sites for hydroxylation is 1. The number of likely N-dealkylation sites (N-methyl/N-ethyl adjacent to an activating group) is 1. The maximum Gasteiger partial charge on any atom is 0.242 e. The van der Waals surface area contributed by atoms with Crippen molar-refractivity contribution in [2.45, 2.75) is 56.9 Å². The minimum absolute atomic E-state index is 0.0683. The van der Waals surface area contributed by atoms with E-state index in [-0.39, 0.29) is 42.5 Å². The summed E-state index contributed by atoms with van der Waals surface area (Å²) in [7, 11) is -2.27. The Morgan fingerprint density at radius 1 is 1.13 bits per heavy atom. The van der Waals surface area contributed by atoms with Gasteiger partial charge in [-0.15, -0.1) is 5.10 Å². The van der Waals surface area contributed by atoms with Crippen molar-refractivity contribution in [3.8, 4) is 11.1 Å². The number of carbonyl (C=O) groups excluding carboxylic acids is 1. The van der Waals surface area contributed by atoms with Crippen LogP contribution in [0.2, 0.25) is 0 Å². The third-order valence-electron chi connectivity index (χ3n) is 7.15. The van der Waals surface area contributed by atoms with Gasteiger partial charge in [0, 0.05) is 39.0 Å². The first-order valence-electron chi connectivity index (χ1n) is 13.2. The average molecular weight is 556 g/mol. The molecule has 3 atom stereocenters. The van der Waals surface area contributed by atoms with E-state index >= 15 is 0 Å². The molecule has 0 spiro atoms. The van der Waals surface area contributed by atoms with Crippen LogP contribution in [-0.2, 0) is 32.7 Å². The highest BCUT2D eigenvalue weighted by Gasteiger charge is 2.31. The molecule has 2 heterocycles. The molecule has 1 aliphatic heterocycles. The van der Waals surface area contributed by atoms with Gasteiger partial charge in [0.2, 0.25) is 15.9 Å². The Morgan fingerprint density at radius 3 is 2.51 bits per heavy atom. The molecular formula is C28H37N5O5S. The summed E-state index contributed by atoms with van der Waals surface area (Å²) in [6, 6.07) is 16.2. The quantitative estimate of drug-likeness (QED) is 0.476. The second-order valence-corrected chi connectivity index (χ2v) is 12.2. The molecule has 2 bridgehead atoms. The van der Waals surface area contributed by atoms with Crippen LogP contribution in [-0.4, -0.2) is 82.5 Å². The SMILES string of the molecule is C[C@@H]1CN([C@H](C)CO)C(=O)CCCn2cc(nn2)CO[C@@H]1CN(C)S(=O)(=O)c1ccc(-c2ccccc2)cc1. The van der Waals surface area contributed by atoms with Crippen LogP contribution >= 0.6 is 0 Å². The van der Waals surface area contributed by atoms with Gasteiger partial charge in [-0.25, -0.2) is 8.42 Å². The molecule has 0 saturated carbocycles. The lowest BCUT2D eigenvalue weighted by Crippen LogP contribution is -2.47. The molecule has 39 heavy (non-hydrogen) atoms. The maximum atomic E-state index is 13.5. The zero-order chi connectivity index (χ0) is 28.0. The fourth-order valence-corrected chi connectivity index (χ4v) is 5.86. The number of fused-ring (bicyclic) bond motifs is 2. The summed E-state index contributed by atoms with van der Waals surface area (Å²) in [4.78, 5) is 14.9. The zero-order valence-corrected chi connectivity index (χ0v) is 23.5. The number of hydrogen-bond acceptors (Lipinski definition) is 7. The molecule has 0 radical (unpaired) electrons. The van der Waals surface area contributed by atoms with Gasteiger partial charge in [0.1, 0.15) is 5.69 Å². The number of sulfonamides is 1. The summed E-state index contributed by atoms with van der Waals surface area (Å²) in [5.41, 5.74) is 2.58. The van der Waals surface area contributed by atoms with Crippen LogP contribution in [0.15, 0.2) is 65.7 Å². The van der Waals surface area contributed by atoms with Crippen molar-refractivity contribution in [3.63, 3.8) is 0 Å². The summed E-state index contributed by atoms with van der Waals surface area (Å²) < 4.78 is 36.2. The Kier molecular flexibility index (Phi) is 9.49. The number of hydrogen-bond donors (Lipinski definition) is 1. The van der Waals surface area contributed by atoms with Crippen molar-refractivity contribution in [2.75, 3.05) is 26.7 Å². The fourth-order valence-electron chi connectivity index (χ4n) is 4.67. The Bertz CT molecular complexity index is 1330. The van der Waals surface area contributed by atoms with Crippen LogP contribution < -0.4 is 0 Å². The van der Waals surface area contributed by atoms with Gasteiger partial charge in [-0.3, -0.25) is 9.48 Å². The summed E-state index contributed by atoms with van der Waals surface area (Å²) in [6.45, 7) is 4.69. The van der Waals surface area contributed by atoms with Gasteiger partial charge in [-0.2, -0.15) is 4.31 Å². The Morgan fingerprint density at radius 2 is 1.82 bits per heavy atom. The molecule has 10 nitrogen and oxygen atoms in total. The third kappa shape index (κ3) is 7.10. The number of benzene rings is 2. The number of aliphatic hydroxyl groups is 1. The smallest absolute Gasteiger partial charge is 0.242 e. The highest BCUT2D eigenvalue weighted by Crippen LogP contribution is 2.24. The summed E-state index contributed by atoms with van der Waals surface area (Å²) in [5.74, 6) is -0.293. The van der Waals surface area contributed by atoms with Crippen LogP contribution in [0.1, 0.15) is 32.4 Å². The van der Waals surface area contributed by atoms with E-state index in [2.05, 4.69) is 10.3 Å². The van der Waals surface area contributed by atoms with Crippen molar-refractivity contribution < 1.29 is 23.1 Å². The molecule has 0 saturated heterocycles. The number of rotatable bonds is 7. The molecule has 1 N–H and O–H groups in total. The average Bonchev–Trinajstić information content (AvgIpc) is 3.41. The van der Waals surface area contributed by atoms with Crippen molar-refractivity contribution in [2.24, 2.45) is 5.92 Å². The van der Waals surface area contributed by atoms with E-state index in [0.717, 1.165) is 11.1 Å². The number of aromatic nitrogens is 3. The van der Waals surface area contributed by atoms with E-state index in [1.807, 2.05) is 37.3 Å². The van der Waals surface area contributed by atoms with Gasteiger partial charge >= 0.3 is 0 Å². The van der Waals surface area contributed by atoms with Crippen LogP contribution in [0, 0.1) is 5.92 Å². The molecule has 210 valence electrons. The lowest BCUT2D eigenvalue weighted by molar-refractivity contribution is -0.136. The van der Waals surface area contributed by atoms with E-state index in [0.29, 0.717) is 31.6 Å². The molecule has 4 rings (SSSR count). The largest absolute Gasteiger partial charge is 0.394 e. The standard InChI is InChI=1S/C28H37N5O5S/c1-21-16-33(22(2)19-34)28(35)10-7-15-32-17-25(29-30-32)20-38-27(21)18-31(3)39(36,37)26-13-11-24(12-14-26)23-8-5-4-6-9-23/h4-6,8-9,11-14,17,21-22,27,34H,7,10,15-16,18-20H2,1-3H3/t21-,22-,27-/m1/s1. The second kappa shape index (κ2) is 12.8. The van der Waals surface area contributed by atoms with Crippen molar-refractivity contribution in [1.29, 1.82) is 0 Å². The van der Waals surface area contributed by atoms with Crippen molar-refractivity contribution in [1.82, 2.24) is 24.2 Å². The molecular weight excluding hydrogens is 518 g/mol. The number of carbonyl (C=O) groups is 1. The van der Waals surface area contributed by atoms with Gasteiger partial charge in [-0.05, 0) is 36.6 Å². The summed E-state index contributed by atoms with van der Waals surface area (Å²) >= 11 is 0. The van der Waals surface area contributed by atoms with Crippen molar-refractivity contribution >= 4 is 15.9 Å². The Labute approximate surface area is 230 Å². The summed E-state index contributed by atoms with van der Waals surface area (Å²) in [6.07, 6.45) is 2.15. The lowest BCUT2D eigenvalue weighted by Gasteiger charge is -2.35. The van der Waals surface area contributed by atoms with Crippen LogP contribution in [0.3, 0.4) is 0 Å². The first-order chi connectivity index (χ1) is 18.7. The van der Waals surface area contributed by atoms with E-state index in [1.54, 1.807) is 47.0 Å². The maximum absolute atomic E-state index is 13.5. The van der Waals surface area contributed by atoms with Crippen LogP contribution in [0.5, 0.6) is 0 Å². The predicted octanol–water partition coefficient (Wildman–Crippen LogP) is 2.79. The predicted molar refractivity (Wildman–Crippen MR) is 147 cm³/mol. The lowest BCUT2D eigenvalue weighted by atomic mass is 10.0. The van der Waals surface area contributed by atoms with E-state index in [4.69, 9.17) is 4.74 Å². The topological polar surface area (TPSA) is 118 Å². The molecule has 0 fully saturated rings. The van der Waals surface area contributed by atoms with Crippen molar-refractivity contribution in [3.05, 3.63) is 66.5 Å². The Hall–Kier alpha value is -3.12. The molecule has 11 heteroatoms. The molecule has 1 aromatic heterocycles. The van der Waals surface area contributed by atoms with E-state index in [9.17, 15) is 18.3 Å². The van der Waals surface area contributed by atoms with Gasteiger partial charge in [-0.1, -0.05) is 54.6 Å². The first kappa shape index (κ1) is 28.9. The highest BCUT2D eigenvalue weighted by molar-refractivity contribution is 7.89. The number of ether oxygens (including phenoxy) is 1. The Balaban J connectivity index is 1.55. The molecule has 3 aromatic rings. The summed E-state index contributed by atoms with van der Waals surface area (Å²) in [5, 5.41) is 18.1. The number of aliphatic hydroxyl groups excluding tert-OH is 1. The highest BCUT2D eigenvalue weighted by atomic mass is 32.2. The van der Waals surface area contributed by atoms with E-state index in [1.165, 1.54) is 11.4 Å². The molecule has 1 amide bonds. The second-order valence-electron chi connectivity index (χ2n) is 10.2. The molecule has 0 aliphatic carbocycles. The minimum atomic E-state index is -3.81. The first-order valence-corrected chi connectivity index (χ1v) is 14.7. The van der Waals surface area contributed by atoms with Crippen LogP contribution in [0.4, 0.5) is 0 Å². The molecule has 2 aromatic carbocycles. The zero-order valence-electron chi connectivity index (χ0n) is 22.7. The van der Waals surface area contributed by atoms with Gasteiger partial charge in [0.25, 0.3) is 0 Å². The third-order valence-corrected chi connectivity index (χ3v) is 8.99. The van der Waals surface area contributed by atoms with Crippen LogP contribution in [0.25, 0.3) is 11.1 Å². The monoisotopic (exact) mass is 555 g/mol. The van der Waals surface area contributed by atoms with Gasteiger partial charge < -0.3 is 14.7 Å². The van der Waals surface area contributed by atoms with E-state index < -0.39 is 16.1 Å². The fraction of sp³-hybridized carbons (Fsp3) is 0.464. The normalized spacial score (nSPS) is 20.2. The van der Waals surface area contributed by atoms with Gasteiger partial charge in [0.05, 0.1) is 36.5 Å². The minimum Gasteiger partial charge on any atom is -0.394 e.